The zero-order valence-electron chi connectivity index (χ0n) is 13.3. The van der Waals surface area contributed by atoms with Gasteiger partial charge in [0.1, 0.15) is 18.5 Å². The van der Waals surface area contributed by atoms with Crippen LogP contribution in [0.4, 0.5) is 0 Å². The Morgan fingerprint density at radius 2 is 2.05 bits per heavy atom. The first-order valence-electron chi connectivity index (χ1n) is 8.24. The Hall–Kier alpha value is -1.06. The monoisotopic (exact) mass is 291 g/mol. The fraction of sp³-hybridized carbons (Fsp3) is 0.667. The highest BCUT2D eigenvalue weighted by atomic mass is 16.5. The van der Waals surface area contributed by atoms with Gasteiger partial charge in [0.15, 0.2) is 0 Å². The molecular weight excluding hydrogens is 262 g/mol. The topological polar surface area (TPSA) is 41.5 Å². The largest absolute Gasteiger partial charge is 0.491 e. The average Bonchev–Trinajstić information content (AvgIpc) is 2.48. The van der Waals surface area contributed by atoms with Crippen molar-refractivity contribution < 1.29 is 9.84 Å². The molecule has 1 aromatic rings. The molecule has 1 fully saturated rings. The molecule has 118 valence electrons. The number of hydrogen-bond donors (Lipinski definition) is 2. The highest BCUT2D eigenvalue weighted by Crippen LogP contribution is 2.28. The first kappa shape index (κ1) is 16.3. The van der Waals surface area contributed by atoms with Crippen LogP contribution < -0.4 is 10.1 Å². The number of aliphatic hydroxyl groups is 1. The zero-order chi connectivity index (χ0) is 15.1. The van der Waals surface area contributed by atoms with Gasteiger partial charge in [0.25, 0.3) is 0 Å². The summed E-state index contributed by atoms with van der Waals surface area (Å²) in [7, 11) is 0. The van der Waals surface area contributed by atoms with Crippen LogP contribution in [0.15, 0.2) is 24.3 Å². The summed E-state index contributed by atoms with van der Waals surface area (Å²) in [5.41, 5.74) is 1.11. The molecule has 1 aliphatic rings. The molecule has 1 aliphatic carbocycles. The molecule has 0 amide bonds. The standard InChI is InChI=1S/C18H29NO2/c1-14-7-3-5-9-16(14)11-19-12-17(20)13-21-18-10-6-4-8-15(18)2/h4,6,8,10,14,16-17,19-20H,3,5,7,9,11-13H2,1-2H3. The van der Waals surface area contributed by atoms with E-state index in [2.05, 4.69) is 12.2 Å². The smallest absolute Gasteiger partial charge is 0.122 e. The summed E-state index contributed by atoms with van der Waals surface area (Å²) in [4.78, 5) is 0. The molecule has 0 spiro atoms. The van der Waals surface area contributed by atoms with Crippen molar-refractivity contribution in [2.24, 2.45) is 11.8 Å². The third-order valence-electron chi connectivity index (χ3n) is 4.60. The number of aryl methyl sites for hydroxylation is 1. The summed E-state index contributed by atoms with van der Waals surface area (Å²) >= 11 is 0. The predicted octanol–water partition coefficient (Wildman–Crippen LogP) is 3.15. The second-order valence-electron chi connectivity index (χ2n) is 6.41. The van der Waals surface area contributed by atoms with Crippen LogP contribution >= 0.6 is 0 Å². The number of nitrogens with one attached hydrogen (secondary N) is 1. The van der Waals surface area contributed by atoms with E-state index in [0.717, 1.165) is 29.7 Å². The van der Waals surface area contributed by atoms with Crippen molar-refractivity contribution in [3.8, 4) is 5.75 Å². The Balaban J connectivity index is 1.63. The third-order valence-corrected chi connectivity index (χ3v) is 4.60. The summed E-state index contributed by atoms with van der Waals surface area (Å²) in [5.74, 6) is 2.44. The minimum absolute atomic E-state index is 0.345. The van der Waals surface area contributed by atoms with E-state index >= 15 is 0 Å². The molecule has 2 rings (SSSR count). The molecule has 1 aromatic carbocycles. The predicted molar refractivity (Wildman–Crippen MR) is 86.7 cm³/mol. The number of benzene rings is 1. The maximum Gasteiger partial charge on any atom is 0.122 e. The van der Waals surface area contributed by atoms with Crippen molar-refractivity contribution in [3.63, 3.8) is 0 Å². The summed E-state index contributed by atoms with van der Waals surface area (Å²) < 4.78 is 5.67. The normalized spacial score (nSPS) is 23.8. The first-order valence-corrected chi connectivity index (χ1v) is 8.24. The Morgan fingerprint density at radius 1 is 1.29 bits per heavy atom. The van der Waals surface area contributed by atoms with Crippen molar-refractivity contribution in [3.05, 3.63) is 29.8 Å². The van der Waals surface area contributed by atoms with E-state index < -0.39 is 6.10 Å². The van der Waals surface area contributed by atoms with Crippen molar-refractivity contribution in [1.29, 1.82) is 0 Å². The van der Waals surface area contributed by atoms with Crippen molar-refractivity contribution in [1.82, 2.24) is 5.32 Å². The molecule has 21 heavy (non-hydrogen) atoms. The lowest BCUT2D eigenvalue weighted by molar-refractivity contribution is 0.103. The van der Waals surface area contributed by atoms with E-state index in [9.17, 15) is 5.11 Å². The molecule has 3 nitrogen and oxygen atoms in total. The molecule has 0 radical (unpaired) electrons. The quantitative estimate of drug-likeness (QED) is 0.811. The highest BCUT2D eigenvalue weighted by molar-refractivity contribution is 5.31. The van der Waals surface area contributed by atoms with Gasteiger partial charge in [-0.2, -0.15) is 0 Å². The van der Waals surface area contributed by atoms with Gasteiger partial charge in [-0.1, -0.05) is 44.4 Å². The lowest BCUT2D eigenvalue weighted by atomic mass is 9.80. The molecule has 3 unspecified atom stereocenters. The molecule has 1 saturated carbocycles. The van der Waals surface area contributed by atoms with Gasteiger partial charge in [-0.15, -0.1) is 0 Å². The summed E-state index contributed by atoms with van der Waals surface area (Å²) in [5, 5.41) is 13.4. The lowest BCUT2D eigenvalue weighted by Crippen LogP contribution is -2.36. The van der Waals surface area contributed by atoms with Crippen molar-refractivity contribution in [2.45, 2.75) is 45.6 Å². The molecule has 0 bridgehead atoms. The molecular formula is C18H29NO2. The van der Waals surface area contributed by atoms with Crippen LogP contribution in [-0.2, 0) is 0 Å². The summed E-state index contributed by atoms with van der Waals surface area (Å²) in [6.45, 7) is 6.34. The molecule has 0 aromatic heterocycles. The molecule has 3 atom stereocenters. The second-order valence-corrected chi connectivity index (χ2v) is 6.41. The number of ether oxygens (including phenoxy) is 1. The van der Waals surface area contributed by atoms with Gasteiger partial charge in [-0.25, -0.2) is 0 Å². The molecule has 2 N–H and O–H groups in total. The maximum absolute atomic E-state index is 10.0. The van der Waals surface area contributed by atoms with Crippen LogP contribution in [-0.4, -0.2) is 30.9 Å². The highest BCUT2D eigenvalue weighted by Gasteiger charge is 2.20. The molecule has 0 aliphatic heterocycles. The number of aliphatic hydroxyl groups excluding tert-OH is 1. The van der Waals surface area contributed by atoms with Crippen LogP contribution in [0.1, 0.15) is 38.2 Å². The van der Waals surface area contributed by atoms with Crippen molar-refractivity contribution in [2.75, 3.05) is 19.7 Å². The third kappa shape index (κ3) is 5.33. The molecule has 3 heteroatoms. The minimum atomic E-state index is -0.455. The second kappa shape index (κ2) is 8.40. The van der Waals surface area contributed by atoms with Crippen molar-refractivity contribution >= 4 is 0 Å². The van der Waals surface area contributed by atoms with Crippen LogP contribution in [0, 0.1) is 18.8 Å². The van der Waals surface area contributed by atoms with E-state index in [-0.39, 0.29) is 0 Å². The molecule has 0 saturated heterocycles. The van der Waals surface area contributed by atoms with Gasteiger partial charge >= 0.3 is 0 Å². The Bertz CT molecular complexity index is 421. The number of hydrogen-bond acceptors (Lipinski definition) is 3. The van der Waals surface area contributed by atoms with E-state index in [4.69, 9.17) is 4.74 Å². The van der Waals surface area contributed by atoms with E-state index in [1.54, 1.807) is 0 Å². The van der Waals surface area contributed by atoms with Gasteiger partial charge in [0, 0.05) is 6.54 Å². The summed E-state index contributed by atoms with van der Waals surface area (Å²) in [6, 6.07) is 7.91. The van der Waals surface area contributed by atoms with E-state index in [1.165, 1.54) is 25.7 Å². The summed E-state index contributed by atoms with van der Waals surface area (Å²) in [6.07, 6.45) is 4.96. The molecule has 0 heterocycles. The Kier molecular flexibility index (Phi) is 6.52. The SMILES string of the molecule is Cc1ccccc1OCC(O)CNCC1CCCCC1C. The van der Waals surface area contributed by atoms with E-state index in [0.29, 0.717) is 13.2 Å². The van der Waals surface area contributed by atoms with Crippen LogP contribution in [0.2, 0.25) is 0 Å². The van der Waals surface area contributed by atoms with Gasteiger partial charge < -0.3 is 15.2 Å². The average molecular weight is 291 g/mol. The van der Waals surface area contributed by atoms with Crippen LogP contribution in [0.3, 0.4) is 0 Å². The van der Waals surface area contributed by atoms with Gasteiger partial charge in [0.2, 0.25) is 0 Å². The van der Waals surface area contributed by atoms with E-state index in [1.807, 2.05) is 31.2 Å². The fourth-order valence-corrected chi connectivity index (χ4v) is 3.09. The Labute approximate surface area is 128 Å². The first-order chi connectivity index (χ1) is 10.2. The zero-order valence-corrected chi connectivity index (χ0v) is 13.3. The Morgan fingerprint density at radius 3 is 2.81 bits per heavy atom. The number of para-hydroxylation sites is 1. The van der Waals surface area contributed by atoms with Gasteiger partial charge in [0.05, 0.1) is 0 Å². The fourth-order valence-electron chi connectivity index (χ4n) is 3.09. The lowest BCUT2D eigenvalue weighted by Gasteiger charge is -2.29. The van der Waals surface area contributed by atoms with Crippen LogP contribution in [0.5, 0.6) is 5.75 Å². The van der Waals surface area contributed by atoms with Gasteiger partial charge in [-0.3, -0.25) is 0 Å². The maximum atomic E-state index is 10.0. The number of rotatable bonds is 7. The van der Waals surface area contributed by atoms with Crippen LogP contribution in [0.25, 0.3) is 0 Å². The van der Waals surface area contributed by atoms with Gasteiger partial charge in [-0.05, 0) is 43.4 Å². The minimum Gasteiger partial charge on any atom is -0.491 e.